The number of H-pyrrole nitrogens is 1. The van der Waals surface area contributed by atoms with Crippen molar-refractivity contribution in [3.63, 3.8) is 0 Å². The van der Waals surface area contributed by atoms with Crippen molar-refractivity contribution in [1.82, 2.24) is 10.3 Å². The summed E-state index contributed by atoms with van der Waals surface area (Å²) in [6, 6.07) is 5.85. The minimum Gasteiger partial charge on any atom is -0.480 e. The van der Waals surface area contributed by atoms with Crippen molar-refractivity contribution in [3.05, 3.63) is 35.8 Å². The number of carboxylic acid groups (broad SMARTS) is 1. The van der Waals surface area contributed by atoms with Crippen LogP contribution in [0.1, 0.15) is 30.8 Å². The molecular weight excluding hydrogens is 263 g/mol. The third kappa shape index (κ3) is 2.36. The van der Waals surface area contributed by atoms with Crippen LogP contribution in [0.15, 0.2) is 24.3 Å². The van der Waals surface area contributed by atoms with Crippen LogP contribution < -0.4 is 5.32 Å². The second kappa shape index (κ2) is 4.96. The van der Waals surface area contributed by atoms with Gasteiger partial charge in [-0.05, 0) is 31.5 Å². The van der Waals surface area contributed by atoms with Gasteiger partial charge in [-0.3, -0.25) is 4.79 Å². The predicted molar refractivity (Wildman–Crippen MR) is 72.1 cm³/mol. The molecule has 0 bridgehead atoms. The van der Waals surface area contributed by atoms with Crippen LogP contribution in [-0.4, -0.2) is 27.5 Å². The van der Waals surface area contributed by atoms with E-state index in [1.165, 1.54) is 25.1 Å². The van der Waals surface area contributed by atoms with Crippen molar-refractivity contribution >= 4 is 22.8 Å². The summed E-state index contributed by atoms with van der Waals surface area (Å²) in [7, 11) is 0. The molecule has 1 aromatic heterocycles. The van der Waals surface area contributed by atoms with Crippen LogP contribution in [0, 0.1) is 5.82 Å². The lowest BCUT2D eigenvalue weighted by molar-refractivity contribution is -0.143. The Morgan fingerprint density at radius 2 is 2.15 bits per heavy atom. The van der Waals surface area contributed by atoms with E-state index in [4.69, 9.17) is 5.11 Å². The normalized spacial score (nSPS) is 13.9. The highest BCUT2D eigenvalue weighted by Crippen LogP contribution is 2.19. The number of hydrogen-bond acceptors (Lipinski definition) is 2. The largest absolute Gasteiger partial charge is 0.480 e. The Morgan fingerprint density at radius 1 is 1.45 bits per heavy atom. The van der Waals surface area contributed by atoms with E-state index >= 15 is 0 Å². The van der Waals surface area contributed by atoms with Crippen molar-refractivity contribution in [2.24, 2.45) is 0 Å². The number of carbonyl (C=O) groups excluding carboxylic acids is 1. The highest BCUT2D eigenvalue weighted by Gasteiger charge is 2.33. The molecule has 0 aliphatic rings. The first-order chi connectivity index (χ1) is 9.37. The number of halogens is 1. The molecule has 1 atom stereocenters. The first-order valence-electron chi connectivity index (χ1n) is 6.20. The standard InChI is InChI=1S/C14H15FN2O3/c1-3-14(2,13(19)20)17-12(18)11-7-8-9(15)5-4-6-10(8)16-11/h4-7,16H,3H2,1-2H3,(H,17,18)(H,19,20). The zero-order chi connectivity index (χ0) is 14.9. The first kappa shape index (κ1) is 14.0. The maximum atomic E-state index is 13.5. The maximum Gasteiger partial charge on any atom is 0.329 e. The molecule has 1 amide bonds. The van der Waals surface area contributed by atoms with E-state index < -0.39 is 23.2 Å². The van der Waals surface area contributed by atoms with Crippen LogP contribution in [0.4, 0.5) is 4.39 Å². The smallest absolute Gasteiger partial charge is 0.329 e. The van der Waals surface area contributed by atoms with Gasteiger partial charge in [0, 0.05) is 10.9 Å². The van der Waals surface area contributed by atoms with Gasteiger partial charge < -0.3 is 15.4 Å². The van der Waals surface area contributed by atoms with Crippen LogP contribution in [-0.2, 0) is 4.79 Å². The lowest BCUT2D eigenvalue weighted by Gasteiger charge is -2.24. The fourth-order valence-electron chi connectivity index (χ4n) is 1.85. The number of amides is 1. The van der Waals surface area contributed by atoms with Gasteiger partial charge in [0.25, 0.3) is 5.91 Å². The lowest BCUT2D eigenvalue weighted by Crippen LogP contribution is -2.51. The molecule has 0 spiro atoms. The SMILES string of the molecule is CCC(C)(NC(=O)c1cc2c(F)cccc2[nH]1)C(=O)O. The second-order valence-electron chi connectivity index (χ2n) is 4.83. The molecule has 1 unspecified atom stereocenters. The average molecular weight is 278 g/mol. The summed E-state index contributed by atoms with van der Waals surface area (Å²) in [6.45, 7) is 3.09. The third-order valence-electron chi connectivity index (χ3n) is 3.42. The summed E-state index contributed by atoms with van der Waals surface area (Å²) in [4.78, 5) is 26.0. The zero-order valence-electron chi connectivity index (χ0n) is 11.2. The average Bonchev–Trinajstić information content (AvgIpc) is 2.84. The van der Waals surface area contributed by atoms with E-state index in [2.05, 4.69) is 10.3 Å². The Hall–Kier alpha value is -2.37. The number of fused-ring (bicyclic) bond motifs is 1. The van der Waals surface area contributed by atoms with E-state index in [0.717, 1.165) is 0 Å². The Balaban J connectivity index is 2.32. The molecule has 106 valence electrons. The number of aliphatic carboxylic acids is 1. The molecule has 5 nitrogen and oxygen atoms in total. The van der Waals surface area contributed by atoms with Gasteiger partial charge in [-0.1, -0.05) is 13.0 Å². The van der Waals surface area contributed by atoms with E-state index in [1.54, 1.807) is 13.0 Å². The summed E-state index contributed by atoms with van der Waals surface area (Å²) in [5, 5.41) is 11.9. The minimum absolute atomic E-state index is 0.131. The second-order valence-corrected chi connectivity index (χ2v) is 4.83. The van der Waals surface area contributed by atoms with Gasteiger partial charge in [-0.25, -0.2) is 9.18 Å². The van der Waals surface area contributed by atoms with Gasteiger partial charge in [0.2, 0.25) is 0 Å². The molecule has 0 saturated carbocycles. The summed E-state index contributed by atoms with van der Waals surface area (Å²) in [5.74, 6) is -2.13. The van der Waals surface area contributed by atoms with Crippen LogP contribution in [0.5, 0.6) is 0 Å². The molecular formula is C14H15FN2O3. The Morgan fingerprint density at radius 3 is 2.70 bits per heavy atom. The van der Waals surface area contributed by atoms with Crippen LogP contribution in [0.25, 0.3) is 10.9 Å². The number of nitrogens with one attached hydrogen (secondary N) is 2. The Bertz CT molecular complexity index is 680. The van der Waals surface area contributed by atoms with Crippen molar-refractivity contribution in [2.45, 2.75) is 25.8 Å². The Kier molecular flexibility index (Phi) is 3.48. The highest BCUT2D eigenvalue weighted by molar-refractivity contribution is 6.00. The molecule has 20 heavy (non-hydrogen) atoms. The number of aromatic amines is 1. The fraction of sp³-hybridized carbons (Fsp3) is 0.286. The van der Waals surface area contributed by atoms with E-state index in [9.17, 15) is 14.0 Å². The number of carboxylic acids is 1. The van der Waals surface area contributed by atoms with Crippen LogP contribution in [0.3, 0.4) is 0 Å². The van der Waals surface area contributed by atoms with Gasteiger partial charge in [-0.15, -0.1) is 0 Å². The summed E-state index contributed by atoms with van der Waals surface area (Å²) in [5.41, 5.74) is -0.734. The van der Waals surface area contributed by atoms with Gasteiger partial charge >= 0.3 is 5.97 Å². The monoisotopic (exact) mass is 278 g/mol. The molecule has 0 fully saturated rings. The Labute approximate surface area is 114 Å². The van der Waals surface area contributed by atoms with Crippen molar-refractivity contribution in [1.29, 1.82) is 0 Å². The topological polar surface area (TPSA) is 82.2 Å². The van der Waals surface area contributed by atoms with Gasteiger partial charge in [-0.2, -0.15) is 0 Å². The summed E-state index contributed by atoms with van der Waals surface area (Å²) >= 11 is 0. The number of aromatic nitrogens is 1. The molecule has 0 aliphatic carbocycles. The molecule has 1 aromatic carbocycles. The summed E-state index contributed by atoms with van der Waals surface area (Å²) < 4.78 is 13.5. The van der Waals surface area contributed by atoms with E-state index in [0.29, 0.717) is 10.9 Å². The molecule has 1 heterocycles. The third-order valence-corrected chi connectivity index (χ3v) is 3.42. The zero-order valence-corrected chi connectivity index (χ0v) is 11.2. The fourth-order valence-corrected chi connectivity index (χ4v) is 1.85. The van der Waals surface area contributed by atoms with Crippen LogP contribution in [0.2, 0.25) is 0 Å². The molecule has 3 N–H and O–H groups in total. The molecule has 0 saturated heterocycles. The number of hydrogen-bond donors (Lipinski definition) is 3. The van der Waals surface area contributed by atoms with Crippen molar-refractivity contribution in [2.75, 3.05) is 0 Å². The van der Waals surface area contributed by atoms with Crippen molar-refractivity contribution in [3.8, 4) is 0 Å². The lowest BCUT2D eigenvalue weighted by atomic mass is 9.99. The highest BCUT2D eigenvalue weighted by atomic mass is 19.1. The van der Waals surface area contributed by atoms with Crippen molar-refractivity contribution < 1.29 is 19.1 Å². The van der Waals surface area contributed by atoms with E-state index in [1.807, 2.05) is 0 Å². The van der Waals surface area contributed by atoms with Gasteiger partial charge in [0.1, 0.15) is 17.1 Å². The minimum atomic E-state index is -1.35. The number of rotatable bonds is 4. The number of carbonyl (C=O) groups is 2. The van der Waals surface area contributed by atoms with Gasteiger partial charge in [0.05, 0.1) is 0 Å². The first-order valence-corrected chi connectivity index (χ1v) is 6.20. The van der Waals surface area contributed by atoms with Gasteiger partial charge in [0.15, 0.2) is 0 Å². The molecule has 6 heteroatoms. The maximum absolute atomic E-state index is 13.5. The predicted octanol–water partition coefficient (Wildman–Crippen LogP) is 2.29. The molecule has 2 rings (SSSR count). The summed E-state index contributed by atoms with van der Waals surface area (Å²) in [6.07, 6.45) is 0.239. The quantitative estimate of drug-likeness (QED) is 0.802. The number of benzene rings is 1. The molecule has 0 aliphatic heterocycles. The molecule has 2 aromatic rings. The van der Waals surface area contributed by atoms with Crippen LogP contribution >= 0.6 is 0 Å². The van der Waals surface area contributed by atoms with E-state index in [-0.39, 0.29) is 12.1 Å². The molecule has 0 radical (unpaired) electrons.